The van der Waals surface area contributed by atoms with Crippen molar-refractivity contribution in [2.75, 3.05) is 7.05 Å². The summed E-state index contributed by atoms with van der Waals surface area (Å²) in [6.07, 6.45) is -3.16. The predicted octanol–water partition coefficient (Wildman–Crippen LogP) is 3.16. The van der Waals surface area contributed by atoms with Crippen molar-refractivity contribution in [3.8, 4) is 0 Å². The lowest BCUT2D eigenvalue weighted by molar-refractivity contribution is -0.142. The highest BCUT2D eigenvalue weighted by Crippen LogP contribution is 2.33. The number of alkyl halides is 3. The lowest BCUT2D eigenvalue weighted by Gasteiger charge is -2.21. The van der Waals surface area contributed by atoms with Crippen molar-refractivity contribution < 1.29 is 27.9 Å². The summed E-state index contributed by atoms with van der Waals surface area (Å²) in [6, 6.07) is 4.86. The maximum atomic E-state index is 12.7. The first-order chi connectivity index (χ1) is 10.7. The van der Waals surface area contributed by atoms with Gasteiger partial charge in [0.25, 0.3) is 0 Å². The first-order valence-corrected chi connectivity index (χ1v) is 7.32. The van der Waals surface area contributed by atoms with Crippen LogP contribution in [-0.2, 0) is 22.3 Å². The van der Waals surface area contributed by atoms with Crippen LogP contribution in [0.2, 0.25) is 0 Å². The van der Waals surface area contributed by atoms with E-state index in [9.17, 15) is 22.8 Å². The SMILES string of the molecule is CN(Cc1cccc(C(F)(F)F)c1)C(=O)[C@@H]1CC[C@H](C(=O)O)C1. The van der Waals surface area contributed by atoms with E-state index >= 15 is 0 Å². The Labute approximate surface area is 131 Å². The number of carboxylic acids is 1. The number of carbonyl (C=O) groups excluding carboxylic acids is 1. The number of benzene rings is 1. The Morgan fingerprint density at radius 1 is 1.26 bits per heavy atom. The molecular formula is C16H18F3NO3. The van der Waals surface area contributed by atoms with Gasteiger partial charge in [-0.1, -0.05) is 12.1 Å². The molecule has 2 atom stereocenters. The minimum atomic E-state index is -4.42. The molecule has 0 heterocycles. The zero-order valence-electron chi connectivity index (χ0n) is 12.6. The topological polar surface area (TPSA) is 57.6 Å². The van der Waals surface area contributed by atoms with Crippen LogP contribution in [0.25, 0.3) is 0 Å². The van der Waals surface area contributed by atoms with Crippen molar-refractivity contribution in [2.24, 2.45) is 11.8 Å². The maximum Gasteiger partial charge on any atom is 0.416 e. The van der Waals surface area contributed by atoms with Crippen molar-refractivity contribution in [1.29, 1.82) is 0 Å². The third-order valence-electron chi connectivity index (χ3n) is 4.18. The van der Waals surface area contributed by atoms with Gasteiger partial charge in [0.05, 0.1) is 11.5 Å². The molecule has 1 saturated carbocycles. The van der Waals surface area contributed by atoms with E-state index in [1.807, 2.05) is 0 Å². The molecule has 0 bridgehead atoms. The molecule has 1 fully saturated rings. The fourth-order valence-corrected chi connectivity index (χ4v) is 2.94. The molecule has 0 unspecified atom stereocenters. The number of aliphatic carboxylic acids is 1. The summed E-state index contributed by atoms with van der Waals surface area (Å²) in [6.45, 7) is 0.0665. The van der Waals surface area contributed by atoms with Crippen molar-refractivity contribution in [2.45, 2.75) is 32.0 Å². The quantitative estimate of drug-likeness (QED) is 0.923. The molecule has 1 aromatic rings. The summed E-state index contributed by atoms with van der Waals surface area (Å²) in [5, 5.41) is 8.96. The smallest absolute Gasteiger partial charge is 0.416 e. The van der Waals surface area contributed by atoms with Crippen LogP contribution in [0.4, 0.5) is 13.2 Å². The Balaban J connectivity index is 2.00. The molecule has 23 heavy (non-hydrogen) atoms. The number of rotatable bonds is 4. The lowest BCUT2D eigenvalue weighted by atomic mass is 10.0. The Hall–Kier alpha value is -2.05. The average Bonchev–Trinajstić information content (AvgIpc) is 2.95. The summed E-state index contributed by atoms with van der Waals surface area (Å²) in [7, 11) is 1.52. The summed E-state index contributed by atoms with van der Waals surface area (Å²) in [4.78, 5) is 24.6. The van der Waals surface area contributed by atoms with Gasteiger partial charge in [0.15, 0.2) is 0 Å². The standard InChI is InChI=1S/C16H18F3NO3/c1-20(14(21)11-5-6-12(8-11)15(22)23)9-10-3-2-4-13(7-10)16(17,18)19/h2-4,7,11-12H,5-6,8-9H2,1H3,(H,22,23)/t11-,12+/m1/s1. The van der Waals surface area contributed by atoms with E-state index in [2.05, 4.69) is 0 Å². The number of hydrogen-bond donors (Lipinski definition) is 1. The minimum absolute atomic E-state index is 0.0665. The Morgan fingerprint density at radius 2 is 1.91 bits per heavy atom. The van der Waals surface area contributed by atoms with Gasteiger partial charge in [0.2, 0.25) is 5.91 Å². The van der Waals surface area contributed by atoms with E-state index in [0.717, 1.165) is 12.1 Å². The van der Waals surface area contributed by atoms with Crippen LogP contribution in [0.5, 0.6) is 0 Å². The zero-order valence-corrected chi connectivity index (χ0v) is 12.6. The number of carbonyl (C=O) groups is 2. The van der Waals surface area contributed by atoms with Crippen LogP contribution in [0.1, 0.15) is 30.4 Å². The van der Waals surface area contributed by atoms with Gasteiger partial charge in [-0.2, -0.15) is 13.2 Å². The number of amides is 1. The van der Waals surface area contributed by atoms with Crippen molar-refractivity contribution >= 4 is 11.9 Å². The molecule has 4 nitrogen and oxygen atoms in total. The van der Waals surface area contributed by atoms with Gasteiger partial charge in [0, 0.05) is 19.5 Å². The minimum Gasteiger partial charge on any atom is -0.481 e. The van der Waals surface area contributed by atoms with E-state index in [-0.39, 0.29) is 18.4 Å². The van der Waals surface area contributed by atoms with Crippen LogP contribution >= 0.6 is 0 Å². The second kappa shape index (κ2) is 6.60. The van der Waals surface area contributed by atoms with Gasteiger partial charge in [-0.25, -0.2) is 0 Å². The van der Waals surface area contributed by atoms with E-state index < -0.39 is 23.6 Å². The van der Waals surface area contributed by atoms with Gasteiger partial charge in [-0.3, -0.25) is 9.59 Å². The number of nitrogens with zero attached hydrogens (tertiary/aromatic N) is 1. The van der Waals surface area contributed by atoms with Gasteiger partial charge in [-0.15, -0.1) is 0 Å². The molecule has 0 radical (unpaired) electrons. The number of hydrogen-bond acceptors (Lipinski definition) is 2. The van der Waals surface area contributed by atoms with Crippen LogP contribution in [-0.4, -0.2) is 28.9 Å². The van der Waals surface area contributed by atoms with Crippen molar-refractivity contribution in [3.63, 3.8) is 0 Å². The zero-order chi connectivity index (χ0) is 17.2. The van der Waals surface area contributed by atoms with Crippen LogP contribution in [0.3, 0.4) is 0 Å². The van der Waals surface area contributed by atoms with E-state index in [1.165, 1.54) is 24.1 Å². The fourth-order valence-electron chi connectivity index (χ4n) is 2.94. The van der Waals surface area contributed by atoms with Gasteiger partial charge >= 0.3 is 12.1 Å². The summed E-state index contributed by atoms with van der Waals surface area (Å²) < 4.78 is 38.1. The third-order valence-corrected chi connectivity index (χ3v) is 4.18. The number of carboxylic acid groups (broad SMARTS) is 1. The molecule has 0 aliphatic heterocycles. The molecule has 1 N–H and O–H groups in total. The highest BCUT2D eigenvalue weighted by atomic mass is 19.4. The number of halogens is 3. The maximum absolute atomic E-state index is 12.7. The first-order valence-electron chi connectivity index (χ1n) is 7.32. The summed E-state index contributed by atoms with van der Waals surface area (Å²) in [5.41, 5.74) is -0.355. The molecule has 1 aliphatic rings. The lowest BCUT2D eigenvalue weighted by Crippen LogP contribution is -2.31. The third kappa shape index (κ3) is 4.24. The van der Waals surface area contributed by atoms with E-state index in [4.69, 9.17) is 5.11 Å². The molecular weight excluding hydrogens is 311 g/mol. The van der Waals surface area contributed by atoms with E-state index in [1.54, 1.807) is 0 Å². The van der Waals surface area contributed by atoms with Gasteiger partial charge in [0.1, 0.15) is 0 Å². The molecule has 0 saturated heterocycles. The summed E-state index contributed by atoms with van der Waals surface area (Å²) >= 11 is 0. The fraction of sp³-hybridized carbons (Fsp3) is 0.500. The molecule has 0 aromatic heterocycles. The van der Waals surface area contributed by atoms with Crippen molar-refractivity contribution in [3.05, 3.63) is 35.4 Å². The second-order valence-corrected chi connectivity index (χ2v) is 5.94. The average molecular weight is 329 g/mol. The van der Waals surface area contributed by atoms with Gasteiger partial charge in [-0.05, 0) is 37.0 Å². The van der Waals surface area contributed by atoms with Crippen molar-refractivity contribution in [1.82, 2.24) is 4.90 Å². The molecule has 1 amide bonds. The Morgan fingerprint density at radius 3 is 2.48 bits per heavy atom. The highest BCUT2D eigenvalue weighted by molar-refractivity contribution is 5.80. The molecule has 1 aliphatic carbocycles. The largest absolute Gasteiger partial charge is 0.481 e. The van der Waals surface area contributed by atoms with E-state index in [0.29, 0.717) is 24.8 Å². The van der Waals surface area contributed by atoms with Crippen LogP contribution < -0.4 is 0 Å². The summed E-state index contributed by atoms with van der Waals surface area (Å²) in [5.74, 6) is -2.00. The normalized spacial score (nSPS) is 21.2. The second-order valence-electron chi connectivity index (χ2n) is 5.94. The molecule has 0 spiro atoms. The monoisotopic (exact) mass is 329 g/mol. The molecule has 7 heteroatoms. The van der Waals surface area contributed by atoms with Crippen LogP contribution in [0.15, 0.2) is 24.3 Å². The van der Waals surface area contributed by atoms with Crippen LogP contribution in [0, 0.1) is 11.8 Å². The molecule has 126 valence electrons. The Kier molecular flexibility index (Phi) is 4.97. The van der Waals surface area contributed by atoms with Gasteiger partial charge < -0.3 is 10.0 Å². The predicted molar refractivity (Wildman–Crippen MR) is 76.4 cm³/mol. The highest BCUT2D eigenvalue weighted by Gasteiger charge is 2.35. The molecule has 2 rings (SSSR count). The molecule has 1 aromatic carbocycles. The Bertz CT molecular complexity index is 600. The first kappa shape index (κ1) is 17.3.